The summed E-state index contributed by atoms with van der Waals surface area (Å²) < 4.78 is 49.1. The van der Waals surface area contributed by atoms with Crippen molar-refractivity contribution in [1.82, 2.24) is 19.2 Å². The maximum Gasteiger partial charge on any atom is 0.217 e. The van der Waals surface area contributed by atoms with E-state index >= 15 is 0 Å². The fourth-order valence-electron chi connectivity index (χ4n) is 1.72. The van der Waals surface area contributed by atoms with Crippen molar-refractivity contribution < 1.29 is 16.8 Å². The summed E-state index contributed by atoms with van der Waals surface area (Å²) >= 11 is 0. The number of rotatable bonds is 2. The van der Waals surface area contributed by atoms with Crippen LogP contribution in [-0.4, -0.2) is 70.0 Å². The Morgan fingerprint density at radius 2 is 1.24 bits per heavy atom. The minimum atomic E-state index is -3.34. The van der Waals surface area contributed by atoms with Crippen molar-refractivity contribution in [2.75, 3.05) is 44.6 Å². The smallest absolute Gasteiger partial charge is 0.217 e. The second-order valence-electron chi connectivity index (χ2n) is 3.99. The van der Waals surface area contributed by atoms with Gasteiger partial charge in [0.2, 0.25) is 20.0 Å². The molecule has 10 heteroatoms. The molecule has 0 aromatic heterocycles. The molecule has 0 unspecified atom stereocenters. The van der Waals surface area contributed by atoms with Gasteiger partial charge in [-0.3, -0.25) is 0 Å². The van der Waals surface area contributed by atoms with E-state index in [0.29, 0.717) is 13.1 Å². The highest BCUT2D eigenvalue weighted by molar-refractivity contribution is 7.89. The van der Waals surface area contributed by atoms with Crippen LogP contribution in [0.5, 0.6) is 0 Å². The van der Waals surface area contributed by atoms with Crippen LogP contribution in [0.25, 0.3) is 0 Å². The lowest BCUT2D eigenvalue weighted by atomic mass is 10.7. The predicted molar refractivity (Wildman–Crippen MR) is 61.9 cm³/mol. The molecule has 0 radical (unpaired) electrons. The monoisotopic (exact) mass is 284 g/mol. The summed E-state index contributed by atoms with van der Waals surface area (Å²) in [7, 11) is -6.67. The van der Waals surface area contributed by atoms with Gasteiger partial charge in [0.25, 0.3) is 0 Å². The molecule has 2 saturated heterocycles. The summed E-state index contributed by atoms with van der Waals surface area (Å²) in [4.78, 5) is 0. The van der Waals surface area contributed by atoms with E-state index in [9.17, 15) is 16.8 Å². The van der Waals surface area contributed by atoms with E-state index in [1.165, 1.54) is 0 Å². The van der Waals surface area contributed by atoms with Crippen LogP contribution < -0.4 is 10.6 Å². The van der Waals surface area contributed by atoms with E-state index in [4.69, 9.17) is 0 Å². The topological polar surface area (TPSA) is 98.8 Å². The lowest BCUT2D eigenvalue weighted by Gasteiger charge is -2.33. The van der Waals surface area contributed by atoms with E-state index in [2.05, 4.69) is 10.6 Å². The number of nitrogens with one attached hydrogen (secondary N) is 2. The summed E-state index contributed by atoms with van der Waals surface area (Å²) in [5.41, 5.74) is 0. The molecule has 0 spiro atoms. The molecule has 0 aliphatic carbocycles. The third-order valence-electron chi connectivity index (χ3n) is 2.75. The zero-order valence-corrected chi connectivity index (χ0v) is 10.9. The van der Waals surface area contributed by atoms with Gasteiger partial charge in [-0.2, -0.15) is 8.61 Å². The zero-order valence-electron chi connectivity index (χ0n) is 9.29. The lowest BCUT2D eigenvalue weighted by Crippen LogP contribution is -2.56. The average Bonchev–Trinajstić information content (AvgIpc) is 2.23. The number of hydrogen-bond donors (Lipinski definition) is 2. The van der Waals surface area contributed by atoms with E-state index in [1.54, 1.807) is 0 Å². The molecule has 2 rings (SSSR count). The third-order valence-corrected chi connectivity index (χ3v) is 6.25. The molecule has 2 fully saturated rings. The first-order valence-corrected chi connectivity index (χ1v) is 8.51. The molecule has 2 N–H and O–H groups in total. The van der Waals surface area contributed by atoms with Gasteiger partial charge in [0.05, 0.1) is 31.5 Å². The van der Waals surface area contributed by atoms with Crippen molar-refractivity contribution in [3.8, 4) is 0 Å². The van der Waals surface area contributed by atoms with Crippen molar-refractivity contribution in [1.29, 1.82) is 0 Å². The van der Waals surface area contributed by atoms with Gasteiger partial charge >= 0.3 is 0 Å². The highest BCUT2D eigenvalue weighted by atomic mass is 32.2. The average molecular weight is 284 g/mol. The van der Waals surface area contributed by atoms with Crippen molar-refractivity contribution in [2.24, 2.45) is 0 Å². The molecule has 2 heterocycles. The number of nitrogens with zero attached hydrogens (tertiary/aromatic N) is 2. The van der Waals surface area contributed by atoms with Crippen LogP contribution in [0.1, 0.15) is 0 Å². The van der Waals surface area contributed by atoms with Gasteiger partial charge in [0.15, 0.2) is 0 Å². The molecule has 2 aliphatic heterocycles. The van der Waals surface area contributed by atoms with E-state index < -0.39 is 20.0 Å². The Morgan fingerprint density at radius 1 is 0.824 bits per heavy atom. The van der Waals surface area contributed by atoms with Crippen molar-refractivity contribution in [2.45, 2.75) is 0 Å². The molecular weight excluding hydrogens is 268 g/mol. The summed E-state index contributed by atoms with van der Waals surface area (Å²) in [5, 5.41) is 5.82. The van der Waals surface area contributed by atoms with Crippen molar-refractivity contribution in [3.05, 3.63) is 0 Å². The maximum absolute atomic E-state index is 11.7. The van der Waals surface area contributed by atoms with Crippen LogP contribution in [-0.2, 0) is 20.0 Å². The second kappa shape index (κ2) is 4.78. The second-order valence-corrected chi connectivity index (χ2v) is 8.17. The Morgan fingerprint density at radius 3 is 1.59 bits per heavy atom. The molecular formula is C7H16N4O4S2. The van der Waals surface area contributed by atoms with E-state index in [1.807, 2.05) is 0 Å². The Labute approximate surface area is 101 Å². The van der Waals surface area contributed by atoms with Crippen LogP contribution in [0.15, 0.2) is 0 Å². The van der Waals surface area contributed by atoms with Gasteiger partial charge in [-0.15, -0.1) is 0 Å². The van der Waals surface area contributed by atoms with Gasteiger partial charge < -0.3 is 10.6 Å². The van der Waals surface area contributed by atoms with Gasteiger partial charge in [-0.05, 0) is 0 Å². The number of sulfonamides is 2. The Hall–Kier alpha value is -0.260. The first kappa shape index (κ1) is 13.2. The molecule has 0 atom stereocenters. The van der Waals surface area contributed by atoms with Crippen LogP contribution in [0.4, 0.5) is 0 Å². The molecule has 0 saturated carbocycles. The first-order chi connectivity index (χ1) is 7.92. The van der Waals surface area contributed by atoms with Crippen LogP contribution in [0.3, 0.4) is 0 Å². The summed E-state index contributed by atoms with van der Waals surface area (Å²) in [6.45, 7) is 1.01. The normalized spacial score (nSPS) is 30.1. The SMILES string of the molecule is O=S1(=O)CCNCN1CN1CNCCS1(=O)=O. The fraction of sp³-hybridized carbons (Fsp3) is 1.00. The molecule has 100 valence electrons. The van der Waals surface area contributed by atoms with Crippen LogP contribution in [0, 0.1) is 0 Å². The molecule has 0 aromatic carbocycles. The van der Waals surface area contributed by atoms with Gasteiger partial charge in [0.1, 0.15) is 0 Å². The Bertz CT molecular complexity index is 430. The standard InChI is InChI=1S/C7H16N4O4S2/c12-16(13)3-1-8-5-10(16)7-11-6-9-2-4-17(11,14)15/h8-9H,1-7H2. The van der Waals surface area contributed by atoms with Gasteiger partial charge in [-0.1, -0.05) is 0 Å². The Balaban J connectivity index is 2.09. The number of hydrogen-bond acceptors (Lipinski definition) is 6. The molecule has 0 amide bonds. The quantitative estimate of drug-likeness (QED) is 0.574. The van der Waals surface area contributed by atoms with E-state index in [-0.39, 0.29) is 31.5 Å². The first-order valence-electron chi connectivity index (χ1n) is 5.29. The highest BCUT2D eigenvalue weighted by Crippen LogP contribution is 2.10. The molecule has 0 bridgehead atoms. The maximum atomic E-state index is 11.7. The third kappa shape index (κ3) is 2.95. The van der Waals surface area contributed by atoms with E-state index in [0.717, 1.165) is 8.61 Å². The lowest BCUT2D eigenvalue weighted by molar-refractivity contribution is 0.249. The summed E-state index contributed by atoms with van der Waals surface area (Å²) in [6, 6.07) is 0. The van der Waals surface area contributed by atoms with Gasteiger partial charge in [-0.25, -0.2) is 16.8 Å². The van der Waals surface area contributed by atoms with Crippen molar-refractivity contribution >= 4 is 20.0 Å². The fourth-order valence-corrected chi connectivity index (χ4v) is 4.32. The zero-order chi connectivity index (χ0) is 12.5. The largest absolute Gasteiger partial charge is 0.302 e. The molecule has 17 heavy (non-hydrogen) atoms. The van der Waals surface area contributed by atoms with Crippen LogP contribution in [0.2, 0.25) is 0 Å². The molecule has 8 nitrogen and oxygen atoms in total. The molecule has 0 aromatic rings. The Kier molecular flexibility index (Phi) is 3.71. The minimum absolute atomic E-state index is 0.00825. The summed E-state index contributed by atoms with van der Waals surface area (Å²) in [6.07, 6.45) is 0. The van der Waals surface area contributed by atoms with Gasteiger partial charge in [0, 0.05) is 13.1 Å². The minimum Gasteiger partial charge on any atom is -0.302 e. The summed E-state index contributed by atoms with van der Waals surface area (Å²) in [5.74, 6) is 0.0165. The highest BCUT2D eigenvalue weighted by Gasteiger charge is 2.32. The van der Waals surface area contributed by atoms with Crippen LogP contribution >= 0.6 is 0 Å². The predicted octanol–water partition coefficient (Wildman–Crippen LogP) is -2.67. The molecule has 2 aliphatic rings. The van der Waals surface area contributed by atoms with Crippen molar-refractivity contribution in [3.63, 3.8) is 0 Å².